The van der Waals surface area contributed by atoms with Crippen LogP contribution in [0.5, 0.6) is 0 Å². The standard InChI is InChI=1S/C6H8N2O/c1-4-2-3-8-6(9)5(4)7/h2-3H,7H2,1H3,(H,8,9). The quantitative estimate of drug-likeness (QED) is 0.521. The summed E-state index contributed by atoms with van der Waals surface area (Å²) >= 11 is 0. The van der Waals surface area contributed by atoms with Crippen molar-refractivity contribution >= 4 is 5.69 Å². The molecular formula is C6H8N2O. The van der Waals surface area contributed by atoms with Crippen molar-refractivity contribution in [2.24, 2.45) is 0 Å². The third kappa shape index (κ3) is 0.937. The zero-order chi connectivity index (χ0) is 6.85. The molecule has 3 heteroatoms. The predicted octanol–water partition coefficient (Wildman–Crippen LogP) is 0.266. The molecule has 0 aliphatic heterocycles. The van der Waals surface area contributed by atoms with Crippen LogP contribution < -0.4 is 11.3 Å². The molecule has 0 aromatic carbocycles. The SMILES string of the molecule is Cc1cc[nH]c(=O)c1N. The zero-order valence-corrected chi connectivity index (χ0v) is 5.14. The molecule has 3 nitrogen and oxygen atoms in total. The summed E-state index contributed by atoms with van der Waals surface area (Å²) < 4.78 is 0. The van der Waals surface area contributed by atoms with Crippen LogP contribution in [0, 0.1) is 6.92 Å². The Hall–Kier alpha value is -1.25. The minimum atomic E-state index is -0.213. The summed E-state index contributed by atoms with van der Waals surface area (Å²) in [5.41, 5.74) is 6.25. The number of pyridine rings is 1. The van der Waals surface area contributed by atoms with Crippen molar-refractivity contribution in [1.82, 2.24) is 4.98 Å². The van der Waals surface area contributed by atoms with Gasteiger partial charge in [-0.05, 0) is 18.6 Å². The summed E-state index contributed by atoms with van der Waals surface area (Å²) in [6.45, 7) is 1.80. The van der Waals surface area contributed by atoms with E-state index in [1.165, 1.54) is 0 Å². The fraction of sp³-hybridized carbons (Fsp3) is 0.167. The van der Waals surface area contributed by atoms with Crippen molar-refractivity contribution in [3.05, 3.63) is 28.2 Å². The van der Waals surface area contributed by atoms with E-state index in [4.69, 9.17) is 5.73 Å². The monoisotopic (exact) mass is 124 g/mol. The number of nitrogens with two attached hydrogens (primary N) is 1. The number of hydrogen-bond acceptors (Lipinski definition) is 2. The molecule has 1 heterocycles. The lowest BCUT2D eigenvalue weighted by Gasteiger charge is -1.93. The van der Waals surface area contributed by atoms with Gasteiger partial charge in [-0.1, -0.05) is 0 Å². The van der Waals surface area contributed by atoms with Gasteiger partial charge in [0, 0.05) is 6.20 Å². The van der Waals surface area contributed by atoms with Gasteiger partial charge in [0.2, 0.25) is 0 Å². The first-order valence-electron chi connectivity index (χ1n) is 2.65. The largest absolute Gasteiger partial charge is 0.394 e. The molecule has 1 aromatic heterocycles. The van der Waals surface area contributed by atoms with Crippen molar-refractivity contribution < 1.29 is 0 Å². The number of H-pyrrole nitrogens is 1. The van der Waals surface area contributed by atoms with Crippen molar-refractivity contribution in [3.8, 4) is 0 Å². The second kappa shape index (κ2) is 1.93. The second-order valence-corrected chi connectivity index (χ2v) is 1.90. The molecule has 0 unspecified atom stereocenters. The second-order valence-electron chi connectivity index (χ2n) is 1.90. The van der Waals surface area contributed by atoms with E-state index in [2.05, 4.69) is 4.98 Å². The summed E-state index contributed by atoms with van der Waals surface area (Å²) in [6, 6.07) is 1.76. The van der Waals surface area contributed by atoms with E-state index >= 15 is 0 Å². The molecule has 3 N–H and O–H groups in total. The highest BCUT2D eigenvalue weighted by Crippen LogP contribution is 1.98. The first kappa shape index (κ1) is 5.88. The highest BCUT2D eigenvalue weighted by molar-refractivity contribution is 5.42. The van der Waals surface area contributed by atoms with Crippen molar-refractivity contribution in [2.45, 2.75) is 6.92 Å². The van der Waals surface area contributed by atoms with Gasteiger partial charge in [-0.25, -0.2) is 0 Å². The Balaban J connectivity index is 3.43. The van der Waals surface area contributed by atoms with Crippen molar-refractivity contribution in [1.29, 1.82) is 0 Å². The van der Waals surface area contributed by atoms with Crippen LogP contribution in [-0.4, -0.2) is 4.98 Å². The minimum absolute atomic E-state index is 0.213. The van der Waals surface area contributed by atoms with Gasteiger partial charge in [-0.15, -0.1) is 0 Å². The van der Waals surface area contributed by atoms with E-state index in [9.17, 15) is 4.79 Å². The average molecular weight is 124 g/mol. The molecule has 0 saturated heterocycles. The van der Waals surface area contributed by atoms with Crippen LogP contribution in [0.15, 0.2) is 17.1 Å². The topological polar surface area (TPSA) is 58.9 Å². The fourth-order valence-electron chi connectivity index (χ4n) is 0.589. The Kier molecular flexibility index (Phi) is 1.26. The first-order valence-corrected chi connectivity index (χ1v) is 2.65. The number of aromatic nitrogens is 1. The third-order valence-electron chi connectivity index (χ3n) is 1.22. The number of anilines is 1. The predicted molar refractivity (Wildman–Crippen MR) is 36.2 cm³/mol. The molecule has 0 bridgehead atoms. The first-order chi connectivity index (χ1) is 4.22. The maximum Gasteiger partial charge on any atom is 0.271 e. The van der Waals surface area contributed by atoms with Gasteiger partial charge in [0.05, 0.1) is 0 Å². The summed E-state index contributed by atoms with van der Waals surface area (Å²) in [7, 11) is 0. The normalized spacial score (nSPS) is 9.44. The molecular weight excluding hydrogens is 116 g/mol. The molecule has 0 saturated carbocycles. The summed E-state index contributed by atoms with van der Waals surface area (Å²) in [5, 5.41) is 0. The molecule has 48 valence electrons. The van der Waals surface area contributed by atoms with Gasteiger partial charge in [0.25, 0.3) is 5.56 Å². The number of nitrogens with one attached hydrogen (secondary N) is 1. The average Bonchev–Trinajstić information content (AvgIpc) is 1.83. The van der Waals surface area contributed by atoms with Crippen LogP contribution in [0.25, 0.3) is 0 Å². The number of rotatable bonds is 0. The highest BCUT2D eigenvalue weighted by Gasteiger charge is 1.93. The molecule has 1 aromatic rings. The smallest absolute Gasteiger partial charge is 0.271 e. The number of nitrogen functional groups attached to an aromatic ring is 1. The lowest BCUT2D eigenvalue weighted by molar-refractivity contribution is 1.22. The molecule has 0 radical (unpaired) electrons. The number of hydrogen-bond donors (Lipinski definition) is 2. The highest BCUT2D eigenvalue weighted by atomic mass is 16.1. The van der Waals surface area contributed by atoms with Crippen LogP contribution in [0.1, 0.15) is 5.56 Å². The van der Waals surface area contributed by atoms with Crippen LogP contribution >= 0.6 is 0 Å². The Bertz CT molecular complexity index is 264. The molecule has 0 aliphatic rings. The summed E-state index contributed by atoms with van der Waals surface area (Å²) in [6.07, 6.45) is 1.58. The maximum absolute atomic E-state index is 10.7. The van der Waals surface area contributed by atoms with E-state index in [1.807, 2.05) is 0 Å². The summed E-state index contributed by atoms with van der Waals surface area (Å²) in [4.78, 5) is 13.1. The lowest BCUT2D eigenvalue weighted by Crippen LogP contribution is -2.11. The van der Waals surface area contributed by atoms with Gasteiger partial charge in [0.15, 0.2) is 0 Å². The van der Waals surface area contributed by atoms with E-state index in [-0.39, 0.29) is 5.56 Å². The van der Waals surface area contributed by atoms with Crippen molar-refractivity contribution in [3.63, 3.8) is 0 Å². The zero-order valence-electron chi connectivity index (χ0n) is 5.14. The van der Waals surface area contributed by atoms with Gasteiger partial charge < -0.3 is 10.7 Å². The summed E-state index contributed by atoms with van der Waals surface area (Å²) in [5.74, 6) is 0. The third-order valence-corrected chi connectivity index (χ3v) is 1.22. The van der Waals surface area contributed by atoms with Crippen LogP contribution in [0.2, 0.25) is 0 Å². The Labute approximate surface area is 52.5 Å². The molecule has 0 atom stereocenters. The number of aromatic amines is 1. The molecule has 0 aliphatic carbocycles. The Morgan fingerprint density at radius 2 is 2.33 bits per heavy atom. The van der Waals surface area contributed by atoms with Gasteiger partial charge in [-0.3, -0.25) is 4.79 Å². The Morgan fingerprint density at radius 3 is 2.78 bits per heavy atom. The van der Waals surface area contributed by atoms with Crippen LogP contribution in [-0.2, 0) is 0 Å². The van der Waals surface area contributed by atoms with Gasteiger partial charge in [-0.2, -0.15) is 0 Å². The molecule has 1 rings (SSSR count). The van der Waals surface area contributed by atoms with E-state index in [1.54, 1.807) is 19.2 Å². The molecule has 0 fully saturated rings. The van der Waals surface area contributed by atoms with Crippen LogP contribution in [0.4, 0.5) is 5.69 Å². The van der Waals surface area contributed by atoms with Gasteiger partial charge in [0.1, 0.15) is 5.69 Å². The van der Waals surface area contributed by atoms with Gasteiger partial charge >= 0.3 is 0 Å². The molecule has 0 spiro atoms. The van der Waals surface area contributed by atoms with Crippen molar-refractivity contribution in [2.75, 3.05) is 5.73 Å². The Morgan fingerprint density at radius 1 is 1.67 bits per heavy atom. The van der Waals surface area contributed by atoms with E-state index < -0.39 is 0 Å². The van der Waals surface area contributed by atoms with Crippen LogP contribution in [0.3, 0.4) is 0 Å². The molecule has 9 heavy (non-hydrogen) atoms. The van der Waals surface area contributed by atoms with E-state index in [0.717, 1.165) is 5.56 Å². The number of aryl methyl sites for hydroxylation is 1. The molecule has 0 amide bonds. The van der Waals surface area contributed by atoms with E-state index in [0.29, 0.717) is 5.69 Å². The maximum atomic E-state index is 10.7. The lowest BCUT2D eigenvalue weighted by atomic mass is 10.3. The minimum Gasteiger partial charge on any atom is -0.394 e. The fourth-order valence-corrected chi connectivity index (χ4v) is 0.589.